The zero-order valence-electron chi connectivity index (χ0n) is 10.5. The van der Waals surface area contributed by atoms with Crippen molar-refractivity contribution in [2.75, 3.05) is 12.4 Å². The molecule has 0 aliphatic rings. The quantitative estimate of drug-likeness (QED) is 0.920. The predicted octanol–water partition coefficient (Wildman–Crippen LogP) is 3.83. The van der Waals surface area contributed by atoms with Crippen molar-refractivity contribution in [2.45, 2.75) is 6.54 Å². The van der Waals surface area contributed by atoms with Crippen molar-refractivity contribution in [1.82, 2.24) is 0 Å². The van der Waals surface area contributed by atoms with E-state index in [0.29, 0.717) is 17.1 Å². The molecule has 0 saturated heterocycles. The monoisotopic (exact) mass is 272 g/mol. The molecule has 0 radical (unpaired) electrons. The zero-order chi connectivity index (χ0) is 13.7. The summed E-state index contributed by atoms with van der Waals surface area (Å²) in [6, 6.07) is 15.0. The zero-order valence-corrected chi connectivity index (χ0v) is 11.2. The summed E-state index contributed by atoms with van der Waals surface area (Å²) < 4.78 is 5.26. The van der Waals surface area contributed by atoms with Gasteiger partial charge in [0, 0.05) is 11.6 Å². The Labute approximate surface area is 117 Å². The molecule has 2 aromatic carbocycles. The first-order chi connectivity index (χ1) is 9.24. The van der Waals surface area contributed by atoms with Gasteiger partial charge in [-0.25, -0.2) is 0 Å². The van der Waals surface area contributed by atoms with Gasteiger partial charge >= 0.3 is 0 Å². The molecule has 0 aromatic heterocycles. The van der Waals surface area contributed by atoms with Gasteiger partial charge in [0.1, 0.15) is 5.75 Å². The molecule has 0 fully saturated rings. The van der Waals surface area contributed by atoms with Crippen LogP contribution in [0, 0.1) is 11.3 Å². The normalized spacial score (nSPS) is 9.74. The van der Waals surface area contributed by atoms with Crippen LogP contribution in [0.25, 0.3) is 0 Å². The Bertz CT molecular complexity index is 620. The Morgan fingerprint density at radius 2 is 2.05 bits per heavy atom. The van der Waals surface area contributed by atoms with Crippen LogP contribution in [0.2, 0.25) is 5.02 Å². The Hall–Kier alpha value is -2.18. The highest BCUT2D eigenvalue weighted by atomic mass is 35.5. The van der Waals surface area contributed by atoms with Crippen molar-refractivity contribution in [1.29, 1.82) is 5.26 Å². The van der Waals surface area contributed by atoms with Gasteiger partial charge in [0.15, 0.2) is 0 Å². The van der Waals surface area contributed by atoms with Gasteiger partial charge in [-0.05, 0) is 29.8 Å². The van der Waals surface area contributed by atoms with Crippen LogP contribution in [0.1, 0.15) is 11.1 Å². The van der Waals surface area contributed by atoms with E-state index in [4.69, 9.17) is 21.6 Å². The minimum absolute atomic E-state index is 0.561. The van der Waals surface area contributed by atoms with Crippen molar-refractivity contribution >= 4 is 17.3 Å². The third-order valence-electron chi connectivity index (χ3n) is 2.76. The lowest BCUT2D eigenvalue weighted by Crippen LogP contribution is -2.02. The number of halogens is 1. The van der Waals surface area contributed by atoms with Crippen LogP contribution in [0.4, 0.5) is 5.69 Å². The van der Waals surface area contributed by atoms with Gasteiger partial charge in [-0.15, -0.1) is 0 Å². The first kappa shape index (κ1) is 13.3. The number of rotatable bonds is 4. The summed E-state index contributed by atoms with van der Waals surface area (Å²) in [5.74, 6) is 0.785. The second kappa shape index (κ2) is 6.12. The average molecular weight is 273 g/mol. The fraction of sp³-hybridized carbons (Fsp3) is 0.133. The Kier molecular flexibility index (Phi) is 4.27. The Morgan fingerprint density at radius 1 is 1.26 bits per heavy atom. The molecular weight excluding hydrogens is 260 g/mol. The number of nitriles is 1. The van der Waals surface area contributed by atoms with Crippen LogP contribution in [-0.4, -0.2) is 7.11 Å². The molecule has 0 unspecified atom stereocenters. The standard InChI is InChI=1S/C15H13ClN2O/c1-19-15-5-3-2-4-14(15)18-10-12-7-6-11(9-17)8-13(12)16/h2-8,18H,10H2,1H3. The largest absolute Gasteiger partial charge is 0.495 e. The van der Waals surface area contributed by atoms with E-state index in [9.17, 15) is 0 Å². The molecule has 19 heavy (non-hydrogen) atoms. The Morgan fingerprint density at radius 3 is 2.74 bits per heavy atom. The number of methoxy groups -OCH3 is 1. The van der Waals surface area contributed by atoms with Gasteiger partial charge in [-0.3, -0.25) is 0 Å². The molecule has 0 aliphatic heterocycles. The van der Waals surface area contributed by atoms with Crippen LogP contribution in [0.15, 0.2) is 42.5 Å². The highest BCUT2D eigenvalue weighted by molar-refractivity contribution is 6.31. The van der Waals surface area contributed by atoms with E-state index in [-0.39, 0.29) is 0 Å². The van der Waals surface area contributed by atoms with E-state index in [2.05, 4.69) is 11.4 Å². The fourth-order valence-corrected chi connectivity index (χ4v) is 1.99. The first-order valence-electron chi connectivity index (χ1n) is 5.80. The number of para-hydroxylation sites is 2. The lowest BCUT2D eigenvalue weighted by molar-refractivity contribution is 0.416. The molecule has 0 spiro atoms. The maximum Gasteiger partial charge on any atom is 0.141 e. The minimum Gasteiger partial charge on any atom is -0.495 e. The topological polar surface area (TPSA) is 45.0 Å². The highest BCUT2D eigenvalue weighted by Crippen LogP contribution is 2.25. The molecule has 96 valence electrons. The Balaban J connectivity index is 2.13. The number of nitrogens with zero attached hydrogens (tertiary/aromatic N) is 1. The molecule has 2 rings (SSSR count). The van der Waals surface area contributed by atoms with Gasteiger partial charge in [-0.1, -0.05) is 29.8 Å². The van der Waals surface area contributed by atoms with Crippen molar-refractivity contribution in [3.8, 4) is 11.8 Å². The SMILES string of the molecule is COc1ccccc1NCc1ccc(C#N)cc1Cl. The minimum atomic E-state index is 0.561. The van der Waals surface area contributed by atoms with E-state index in [1.165, 1.54) is 0 Å². The van der Waals surface area contributed by atoms with Crippen LogP contribution >= 0.6 is 11.6 Å². The van der Waals surface area contributed by atoms with E-state index >= 15 is 0 Å². The van der Waals surface area contributed by atoms with Crippen molar-refractivity contribution in [2.24, 2.45) is 0 Å². The number of nitrogens with one attached hydrogen (secondary N) is 1. The molecule has 0 atom stereocenters. The molecule has 0 bridgehead atoms. The van der Waals surface area contributed by atoms with Crippen molar-refractivity contribution in [3.05, 3.63) is 58.6 Å². The molecule has 0 amide bonds. The van der Waals surface area contributed by atoms with Gasteiger partial charge in [0.25, 0.3) is 0 Å². The van der Waals surface area contributed by atoms with Gasteiger partial charge < -0.3 is 10.1 Å². The summed E-state index contributed by atoms with van der Waals surface area (Å²) in [4.78, 5) is 0. The first-order valence-corrected chi connectivity index (χ1v) is 6.18. The van der Waals surface area contributed by atoms with Crippen LogP contribution in [0.3, 0.4) is 0 Å². The third-order valence-corrected chi connectivity index (χ3v) is 3.11. The number of ether oxygens (including phenoxy) is 1. The summed E-state index contributed by atoms with van der Waals surface area (Å²) in [6.45, 7) is 0.574. The van der Waals surface area contributed by atoms with Crippen LogP contribution < -0.4 is 10.1 Å². The molecule has 3 nitrogen and oxygen atoms in total. The molecule has 0 heterocycles. The maximum absolute atomic E-state index is 8.79. The fourth-order valence-electron chi connectivity index (χ4n) is 1.74. The number of anilines is 1. The van der Waals surface area contributed by atoms with Crippen LogP contribution in [-0.2, 0) is 6.54 Å². The van der Waals surface area contributed by atoms with E-state index in [0.717, 1.165) is 17.0 Å². The molecule has 2 aromatic rings. The lowest BCUT2D eigenvalue weighted by Gasteiger charge is -2.11. The highest BCUT2D eigenvalue weighted by Gasteiger charge is 2.04. The second-order valence-corrected chi connectivity index (χ2v) is 4.38. The van der Waals surface area contributed by atoms with Gasteiger partial charge in [0.2, 0.25) is 0 Å². The van der Waals surface area contributed by atoms with Gasteiger partial charge in [-0.2, -0.15) is 5.26 Å². The predicted molar refractivity (Wildman–Crippen MR) is 76.5 cm³/mol. The summed E-state index contributed by atoms with van der Waals surface area (Å²) in [6.07, 6.45) is 0. The second-order valence-electron chi connectivity index (χ2n) is 3.97. The molecular formula is C15H13ClN2O. The van der Waals surface area contributed by atoms with Gasteiger partial charge in [0.05, 0.1) is 24.4 Å². The number of benzene rings is 2. The number of hydrogen-bond donors (Lipinski definition) is 1. The summed E-state index contributed by atoms with van der Waals surface area (Å²) >= 11 is 6.13. The summed E-state index contributed by atoms with van der Waals surface area (Å²) in [7, 11) is 1.63. The third kappa shape index (κ3) is 3.18. The lowest BCUT2D eigenvalue weighted by atomic mass is 10.1. The van der Waals surface area contributed by atoms with E-state index in [1.807, 2.05) is 30.3 Å². The molecule has 0 aliphatic carbocycles. The summed E-state index contributed by atoms with van der Waals surface area (Å²) in [5, 5.41) is 12.6. The molecule has 1 N–H and O–H groups in total. The molecule has 0 saturated carbocycles. The van der Waals surface area contributed by atoms with Crippen LogP contribution in [0.5, 0.6) is 5.75 Å². The summed E-state index contributed by atoms with van der Waals surface area (Å²) in [5.41, 5.74) is 2.41. The van der Waals surface area contributed by atoms with E-state index < -0.39 is 0 Å². The van der Waals surface area contributed by atoms with E-state index in [1.54, 1.807) is 19.2 Å². The number of hydrogen-bond acceptors (Lipinski definition) is 3. The van der Waals surface area contributed by atoms with Crippen molar-refractivity contribution < 1.29 is 4.74 Å². The molecule has 4 heteroatoms. The van der Waals surface area contributed by atoms with Crippen molar-refractivity contribution in [3.63, 3.8) is 0 Å². The average Bonchev–Trinajstić information content (AvgIpc) is 2.46. The smallest absolute Gasteiger partial charge is 0.141 e. The maximum atomic E-state index is 8.79.